The van der Waals surface area contributed by atoms with Crippen LogP contribution in [0.5, 0.6) is 0 Å². The van der Waals surface area contributed by atoms with Crippen LogP contribution in [0, 0.1) is 4.64 Å². The van der Waals surface area contributed by atoms with Crippen molar-refractivity contribution >= 4 is 29.0 Å². The first-order valence-electron chi connectivity index (χ1n) is 5.48. The fraction of sp³-hybridized carbons (Fsp3) is 0.231. The summed E-state index contributed by atoms with van der Waals surface area (Å²) in [6.45, 7) is 5.34. The molecule has 0 fully saturated rings. The fourth-order valence-corrected chi connectivity index (χ4v) is 1.67. The van der Waals surface area contributed by atoms with Gasteiger partial charge in [-0.05, 0) is 11.5 Å². The normalized spacial score (nSPS) is 9.35. The lowest BCUT2D eigenvalue weighted by Crippen LogP contribution is -2.17. The summed E-state index contributed by atoms with van der Waals surface area (Å²) < 4.78 is 1.81. The van der Waals surface area contributed by atoms with Crippen LogP contribution in [-0.2, 0) is 4.79 Å². The number of rotatable bonds is 1. The molecule has 2 aromatic rings. The molecule has 0 radical (unpaired) electrons. The van der Waals surface area contributed by atoms with E-state index in [9.17, 15) is 4.79 Å². The molecular weight excluding hydrogens is 234 g/mol. The molecule has 17 heavy (non-hydrogen) atoms. The van der Waals surface area contributed by atoms with E-state index in [-0.39, 0.29) is 5.97 Å². The minimum atomic E-state index is -0.388. The molecule has 1 heterocycles. The van der Waals surface area contributed by atoms with Crippen molar-refractivity contribution in [3.63, 3.8) is 0 Å². The topological polar surface area (TPSA) is 31.2 Å². The molecule has 0 atom stereocenters. The summed E-state index contributed by atoms with van der Waals surface area (Å²) in [5, 5.41) is 1.93. The molecule has 0 aliphatic heterocycles. The van der Waals surface area contributed by atoms with Gasteiger partial charge in [-0.25, -0.2) is 4.79 Å². The molecule has 1 aromatic heterocycles. The van der Waals surface area contributed by atoms with E-state index in [1.165, 1.54) is 11.7 Å². The lowest BCUT2D eigenvalue weighted by Gasteiger charge is -2.06. The Labute approximate surface area is 106 Å². The lowest BCUT2D eigenvalue weighted by molar-refractivity contribution is -0.141. The molecule has 3 nitrogen and oxygen atoms in total. The Kier molecular flexibility index (Phi) is 4.84. The van der Waals surface area contributed by atoms with Gasteiger partial charge >= 0.3 is 5.97 Å². The summed E-state index contributed by atoms with van der Waals surface area (Å²) in [5.74, 6) is -0.388. The van der Waals surface area contributed by atoms with E-state index in [2.05, 4.69) is 0 Å². The van der Waals surface area contributed by atoms with Gasteiger partial charge in [0.2, 0.25) is 0 Å². The van der Waals surface area contributed by atoms with Gasteiger partial charge in [-0.3, -0.25) is 0 Å². The van der Waals surface area contributed by atoms with Gasteiger partial charge in [-0.1, -0.05) is 50.3 Å². The van der Waals surface area contributed by atoms with Crippen molar-refractivity contribution in [3.05, 3.63) is 41.2 Å². The van der Waals surface area contributed by atoms with Crippen LogP contribution in [0.25, 0.3) is 10.8 Å². The second kappa shape index (κ2) is 6.15. The number of hydrogen-bond acceptors (Lipinski definition) is 3. The number of benzene rings is 1. The van der Waals surface area contributed by atoms with E-state index in [1.807, 2.05) is 44.2 Å². The van der Waals surface area contributed by atoms with Gasteiger partial charge in [0, 0.05) is 18.5 Å². The Morgan fingerprint density at radius 2 is 1.88 bits per heavy atom. The number of pyridine rings is 1. The van der Waals surface area contributed by atoms with Crippen molar-refractivity contribution in [2.75, 3.05) is 0 Å². The molecule has 0 N–H and O–H groups in total. The molecule has 0 saturated heterocycles. The standard InChI is InChI=1S/C11H9NO2S.C2H6/c1-8(13)14-12-7-6-9-4-2-3-5-10(9)11(12)15;1-2/h2-7H,1H3;1-2H3. The zero-order valence-electron chi connectivity index (χ0n) is 10.1. The third-order valence-electron chi connectivity index (χ3n) is 2.01. The van der Waals surface area contributed by atoms with E-state index in [0.29, 0.717) is 4.64 Å². The smallest absolute Gasteiger partial charge is 0.329 e. The largest absolute Gasteiger partial charge is 0.336 e. The first kappa shape index (κ1) is 13.4. The van der Waals surface area contributed by atoms with Crippen molar-refractivity contribution < 1.29 is 9.63 Å². The van der Waals surface area contributed by atoms with E-state index in [0.717, 1.165) is 10.8 Å². The average molecular weight is 249 g/mol. The molecule has 0 bridgehead atoms. The molecule has 4 heteroatoms. The van der Waals surface area contributed by atoms with Gasteiger partial charge in [0.15, 0.2) is 4.64 Å². The maximum absolute atomic E-state index is 10.8. The highest BCUT2D eigenvalue weighted by atomic mass is 32.1. The number of aromatic nitrogens is 1. The van der Waals surface area contributed by atoms with Gasteiger partial charge in [-0.15, -0.1) is 0 Å². The second-order valence-electron chi connectivity index (χ2n) is 3.12. The molecule has 0 spiro atoms. The minimum Gasteiger partial charge on any atom is -0.336 e. The third-order valence-corrected chi connectivity index (χ3v) is 2.41. The minimum absolute atomic E-state index is 0.388. The summed E-state index contributed by atoms with van der Waals surface area (Å²) in [6.07, 6.45) is 1.64. The summed E-state index contributed by atoms with van der Waals surface area (Å²) in [6, 6.07) is 9.55. The molecule has 0 aliphatic carbocycles. The third kappa shape index (κ3) is 3.14. The maximum Gasteiger partial charge on any atom is 0.329 e. The van der Waals surface area contributed by atoms with E-state index < -0.39 is 0 Å². The Bertz CT molecular complexity index is 575. The van der Waals surface area contributed by atoms with E-state index in [1.54, 1.807) is 6.20 Å². The van der Waals surface area contributed by atoms with Crippen molar-refractivity contribution in [1.29, 1.82) is 0 Å². The Morgan fingerprint density at radius 3 is 2.53 bits per heavy atom. The Hall–Kier alpha value is -1.68. The Morgan fingerprint density at radius 1 is 1.24 bits per heavy atom. The predicted octanol–water partition coefficient (Wildman–Crippen LogP) is 3.37. The summed E-state index contributed by atoms with van der Waals surface area (Å²) in [4.78, 5) is 15.7. The highest BCUT2D eigenvalue weighted by Crippen LogP contribution is 2.14. The molecule has 90 valence electrons. The average Bonchev–Trinajstić information content (AvgIpc) is 2.35. The molecule has 1 aromatic carbocycles. The predicted molar refractivity (Wildman–Crippen MR) is 71.4 cm³/mol. The number of hydrogen-bond donors (Lipinski definition) is 0. The first-order valence-corrected chi connectivity index (χ1v) is 5.88. The fourth-order valence-electron chi connectivity index (χ4n) is 1.38. The molecule has 0 amide bonds. The number of fused-ring (bicyclic) bond motifs is 1. The summed E-state index contributed by atoms with van der Waals surface area (Å²) in [7, 11) is 0. The van der Waals surface area contributed by atoms with Gasteiger partial charge < -0.3 is 4.84 Å². The van der Waals surface area contributed by atoms with E-state index in [4.69, 9.17) is 17.1 Å². The zero-order valence-corrected chi connectivity index (χ0v) is 11.0. The quantitative estimate of drug-likeness (QED) is 0.726. The first-order chi connectivity index (χ1) is 8.18. The van der Waals surface area contributed by atoms with Crippen molar-refractivity contribution in [1.82, 2.24) is 4.73 Å². The van der Waals surface area contributed by atoms with Crippen LogP contribution in [0.1, 0.15) is 20.8 Å². The maximum atomic E-state index is 10.8. The number of nitrogens with zero attached hydrogens (tertiary/aromatic N) is 1. The van der Waals surface area contributed by atoms with Gasteiger partial charge in [-0.2, -0.15) is 4.73 Å². The van der Waals surface area contributed by atoms with Gasteiger partial charge in [0.05, 0.1) is 0 Å². The molecular formula is C13H15NO2S. The zero-order chi connectivity index (χ0) is 12.8. The van der Waals surface area contributed by atoms with Crippen molar-refractivity contribution in [2.45, 2.75) is 20.8 Å². The van der Waals surface area contributed by atoms with Crippen LogP contribution in [0.3, 0.4) is 0 Å². The van der Waals surface area contributed by atoms with Crippen LogP contribution >= 0.6 is 12.2 Å². The number of carbonyl (C=O) groups excluding carboxylic acids is 1. The Balaban J connectivity index is 0.000000686. The monoisotopic (exact) mass is 249 g/mol. The highest BCUT2D eigenvalue weighted by molar-refractivity contribution is 7.71. The highest BCUT2D eigenvalue weighted by Gasteiger charge is 2.00. The summed E-state index contributed by atoms with van der Waals surface area (Å²) >= 11 is 5.20. The SMILES string of the molecule is CC.CC(=O)On1ccc2ccccc2c1=S. The van der Waals surface area contributed by atoms with Gasteiger partial charge in [0.1, 0.15) is 0 Å². The van der Waals surface area contributed by atoms with Crippen LogP contribution in [-0.4, -0.2) is 10.7 Å². The lowest BCUT2D eigenvalue weighted by atomic mass is 10.2. The van der Waals surface area contributed by atoms with Crippen LogP contribution in [0.15, 0.2) is 36.5 Å². The summed E-state index contributed by atoms with van der Waals surface area (Å²) in [5.41, 5.74) is 0. The van der Waals surface area contributed by atoms with Gasteiger partial charge in [0.25, 0.3) is 0 Å². The molecule has 0 aliphatic rings. The van der Waals surface area contributed by atoms with Crippen LogP contribution < -0.4 is 4.84 Å². The van der Waals surface area contributed by atoms with Crippen molar-refractivity contribution in [2.24, 2.45) is 0 Å². The molecule has 0 unspecified atom stereocenters. The van der Waals surface area contributed by atoms with Crippen LogP contribution in [0.2, 0.25) is 0 Å². The molecule has 2 rings (SSSR count). The molecule has 0 saturated carbocycles. The second-order valence-corrected chi connectivity index (χ2v) is 3.50. The van der Waals surface area contributed by atoms with Crippen LogP contribution in [0.4, 0.5) is 0 Å². The van der Waals surface area contributed by atoms with E-state index >= 15 is 0 Å². The number of carbonyl (C=O) groups is 1. The van der Waals surface area contributed by atoms with Crippen molar-refractivity contribution in [3.8, 4) is 0 Å².